The van der Waals surface area contributed by atoms with Gasteiger partial charge >= 0.3 is 0 Å². The highest BCUT2D eigenvalue weighted by atomic mass is 35.5. The minimum atomic E-state index is -0.637. The number of nitrogens with one attached hydrogen (secondary N) is 1. The molecule has 3 N–H and O–H groups in total. The molecule has 1 heterocycles. The summed E-state index contributed by atoms with van der Waals surface area (Å²) in [5, 5.41) is 23.5. The van der Waals surface area contributed by atoms with Crippen LogP contribution in [0.2, 0.25) is 0 Å². The third-order valence-corrected chi connectivity index (χ3v) is 4.18. The quantitative estimate of drug-likeness (QED) is 0.669. The highest BCUT2D eigenvalue weighted by Gasteiger charge is 2.41. The lowest BCUT2D eigenvalue weighted by molar-refractivity contribution is -0.0359. The first-order chi connectivity index (χ1) is 8.16. The molecule has 4 atom stereocenters. The Labute approximate surface area is 114 Å². The van der Waals surface area contributed by atoms with Gasteiger partial charge in [0.2, 0.25) is 0 Å². The van der Waals surface area contributed by atoms with Gasteiger partial charge in [-0.05, 0) is 30.9 Å². The van der Waals surface area contributed by atoms with E-state index in [1.54, 1.807) is 0 Å². The summed E-state index contributed by atoms with van der Waals surface area (Å²) in [6.07, 6.45) is 0.416. The van der Waals surface area contributed by atoms with Crippen molar-refractivity contribution in [2.75, 3.05) is 0 Å². The van der Waals surface area contributed by atoms with Gasteiger partial charge in [0, 0.05) is 18.5 Å². The van der Waals surface area contributed by atoms with Gasteiger partial charge in [-0.1, -0.05) is 23.8 Å². The summed E-state index contributed by atoms with van der Waals surface area (Å²) in [4.78, 5) is 0. The molecule has 3 rings (SSSR count). The molecule has 1 aliphatic heterocycles. The van der Waals surface area contributed by atoms with Crippen molar-refractivity contribution >= 4 is 12.4 Å². The summed E-state index contributed by atoms with van der Waals surface area (Å²) in [6.45, 7) is 2.95. The number of halogens is 1. The molecule has 18 heavy (non-hydrogen) atoms. The molecule has 0 bridgehead atoms. The van der Waals surface area contributed by atoms with Gasteiger partial charge in [0.25, 0.3) is 0 Å². The molecule has 0 amide bonds. The van der Waals surface area contributed by atoms with Crippen LogP contribution < -0.4 is 5.32 Å². The minimum Gasteiger partial charge on any atom is -0.390 e. The number of aliphatic hydroxyl groups excluding tert-OH is 2. The second kappa shape index (κ2) is 5.17. The Morgan fingerprint density at radius 3 is 2.78 bits per heavy atom. The molecule has 0 unspecified atom stereocenters. The third-order valence-electron chi connectivity index (χ3n) is 4.18. The van der Waals surface area contributed by atoms with Gasteiger partial charge in [-0.2, -0.15) is 0 Å². The number of hydrogen-bond acceptors (Lipinski definition) is 3. The first kappa shape index (κ1) is 13.8. The van der Waals surface area contributed by atoms with Crippen LogP contribution in [0.3, 0.4) is 0 Å². The number of aryl methyl sites for hydroxylation is 1. The maximum absolute atomic E-state index is 10.2. The average Bonchev–Trinajstić information content (AvgIpc) is 2.33. The predicted molar refractivity (Wildman–Crippen MR) is 73.0 cm³/mol. The largest absolute Gasteiger partial charge is 0.390 e. The molecule has 100 valence electrons. The molecule has 1 aromatic rings. The predicted octanol–water partition coefficient (Wildman–Crippen LogP) is 1.49. The smallest absolute Gasteiger partial charge is 0.0882 e. The Hall–Kier alpha value is -0.610. The Morgan fingerprint density at radius 1 is 1.22 bits per heavy atom. The lowest BCUT2D eigenvalue weighted by Crippen LogP contribution is -2.51. The number of hydrogen-bond donors (Lipinski definition) is 3. The zero-order valence-electron chi connectivity index (χ0n) is 10.5. The standard InChI is InChI=1S/C14H19NO2.ClH/c1-8-2-3-9-7-15-11-4-5-12(16)14(17)13(11)10(9)6-8;/h2-3,6,11-17H,4-5,7H2,1H3;1H/t11-,12-,13-,14-;/m0./s1. The van der Waals surface area contributed by atoms with Gasteiger partial charge in [-0.15, -0.1) is 12.4 Å². The lowest BCUT2D eigenvalue weighted by atomic mass is 9.73. The van der Waals surface area contributed by atoms with Gasteiger partial charge in [0.15, 0.2) is 0 Å². The molecular weight excluding hydrogens is 250 g/mol. The van der Waals surface area contributed by atoms with Crippen LogP contribution in [-0.4, -0.2) is 28.5 Å². The number of benzene rings is 1. The molecule has 0 spiro atoms. The van der Waals surface area contributed by atoms with Crippen LogP contribution in [0.25, 0.3) is 0 Å². The fourth-order valence-corrected chi connectivity index (χ4v) is 3.23. The lowest BCUT2D eigenvalue weighted by Gasteiger charge is -2.43. The first-order valence-corrected chi connectivity index (χ1v) is 6.36. The summed E-state index contributed by atoms with van der Waals surface area (Å²) in [7, 11) is 0. The van der Waals surface area contributed by atoms with Crippen molar-refractivity contribution in [2.45, 2.75) is 50.5 Å². The van der Waals surface area contributed by atoms with Crippen LogP contribution in [0.1, 0.15) is 35.4 Å². The van der Waals surface area contributed by atoms with Gasteiger partial charge in [0.05, 0.1) is 12.2 Å². The summed E-state index contributed by atoms with van der Waals surface area (Å²) in [5.74, 6) is 0.0439. The van der Waals surface area contributed by atoms with E-state index in [0.29, 0.717) is 12.5 Å². The van der Waals surface area contributed by atoms with Crippen molar-refractivity contribution in [1.82, 2.24) is 5.32 Å². The minimum absolute atomic E-state index is 0. The van der Waals surface area contributed by atoms with Gasteiger partial charge in [0.1, 0.15) is 0 Å². The molecule has 0 radical (unpaired) electrons. The van der Waals surface area contributed by atoms with Crippen LogP contribution in [0, 0.1) is 6.92 Å². The SMILES string of the molecule is Cc1ccc2c(c1)[C@@H]1[C@@H](O)[C@@H](O)CC[C@@H]1NC2.Cl. The normalized spacial score (nSPS) is 34.2. The summed E-state index contributed by atoms with van der Waals surface area (Å²) in [5.41, 5.74) is 3.70. The van der Waals surface area contributed by atoms with Gasteiger partial charge in [-0.3, -0.25) is 0 Å². The first-order valence-electron chi connectivity index (χ1n) is 6.36. The number of aliphatic hydroxyl groups is 2. The van der Waals surface area contributed by atoms with E-state index in [1.165, 1.54) is 16.7 Å². The summed E-state index contributed by atoms with van der Waals surface area (Å²) in [6, 6.07) is 6.70. The fraction of sp³-hybridized carbons (Fsp3) is 0.571. The molecular formula is C14H20ClNO2. The third kappa shape index (κ3) is 2.16. The van der Waals surface area contributed by atoms with Crippen LogP contribution in [0.4, 0.5) is 0 Å². The molecule has 1 aromatic carbocycles. The van der Waals surface area contributed by atoms with Crippen LogP contribution in [0.15, 0.2) is 18.2 Å². The average molecular weight is 270 g/mol. The van der Waals surface area contributed by atoms with Gasteiger partial charge < -0.3 is 15.5 Å². The number of rotatable bonds is 0. The Morgan fingerprint density at radius 2 is 2.00 bits per heavy atom. The van der Waals surface area contributed by atoms with E-state index in [-0.39, 0.29) is 18.3 Å². The van der Waals surface area contributed by atoms with Crippen molar-refractivity contribution in [3.63, 3.8) is 0 Å². The monoisotopic (exact) mass is 269 g/mol. The van der Waals surface area contributed by atoms with E-state index in [2.05, 4.69) is 30.4 Å². The Balaban J connectivity index is 0.00000120. The molecule has 1 aliphatic carbocycles. The molecule has 2 aliphatic rings. The Kier molecular flexibility index (Phi) is 3.97. The van der Waals surface area contributed by atoms with Crippen molar-refractivity contribution in [1.29, 1.82) is 0 Å². The van der Waals surface area contributed by atoms with Crippen LogP contribution in [-0.2, 0) is 6.54 Å². The van der Waals surface area contributed by atoms with Gasteiger partial charge in [-0.25, -0.2) is 0 Å². The van der Waals surface area contributed by atoms with Crippen molar-refractivity contribution in [3.8, 4) is 0 Å². The van der Waals surface area contributed by atoms with E-state index >= 15 is 0 Å². The molecule has 4 heteroatoms. The molecule has 0 aromatic heterocycles. The molecule has 1 fully saturated rings. The van der Waals surface area contributed by atoms with Crippen molar-refractivity contribution in [2.24, 2.45) is 0 Å². The van der Waals surface area contributed by atoms with Crippen LogP contribution >= 0.6 is 12.4 Å². The number of fused-ring (bicyclic) bond motifs is 3. The highest BCUT2D eigenvalue weighted by Crippen LogP contribution is 2.38. The fourth-order valence-electron chi connectivity index (χ4n) is 3.23. The molecule has 3 nitrogen and oxygen atoms in total. The molecule has 1 saturated carbocycles. The van der Waals surface area contributed by atoms with Crippen LogP contribution in [0.5, 0.6) is 0 Å². The zero-order chi connectivity index (χ0) is 12.0. The molecule has 0 saturated heterocycles. The van der Waals surface area contributed by atoms with Crippen molar-refractivity contribution in [3.05, 3.63) is 34.9 Å². The van der Waals surface area contributed by atoms with E-state index < -0.39 is 12.2 Å². The topological polar surface area (TPSA) is 52.5 Å². The maximum atomic E-state index is 10.2. The highest BCUT2D eigenvalue weighted by molar-refractivity contribution is 5.85. The Bertz CT molecular complexity index is 438. The second-order valence-corrected chi connectivity index (χ2v) is 5.35. The van der Waals surface area contributed by atoms with E-state index in [1.807, 2.05) is 0 Å². The maximum Gasteiger partial charge on any atom is 0.0882 e. The van der Waals surface area contributed by atoms with E-state index in [0.717, 1.165) is 13.0 Å². The van der Waals surface area contributed by atoms with Crippen molar-refractivity contribution < 1.29 is 10.2 Å². The van der Waals surface area contributed by atoms with E-state index in [9.17, 15) is 10.2 Å². The summed E-state index contributed by atoms with van der Waals surface area (Å²) >= 11 is 0. The zero-order valence-corrected chi connectivity index (χ0v) is 11.3. The van der Waals surface area contributed by atoms with E-state index in [4.69, 9.17) is 0 Å². The summed E-state index contributed by atoms with van der Waals surface area (Å²) < 4.78 is 0. The second-order valence-electron chi connectivity index (χ2n) is 5.35.